The second kappa shape index (κ2) is 7.44. The Morgan fingerprint density at radius 3 is 2.69 bits per heavy atom. The summed E-state index contributed by atoms with van der Waals surface area (Å²) in [6.07, 6.45) is 6.38. The molecule has 0 radical (unpaired) electrons. The highest BCUT2D eigenvalue weighted by Gasteiger charge is 2.30. The van der Waals surface area contributed by atoms with Gasteiger partial charge in [-0.1, -0.05) is 29.8 Å². The monoisotopic (exact) mass is 366 g/mol. The lowest BCUT2D eigenvalue weighted by atomic mass is 9.96. The molecule has 4 rings (SSSR count). The predicted molar refractivity (Wildman–Crippen MR) is 105 cm³/mol. The number of rotatable bonds is 2. The average molecular weight is 367 g/mol. The van der Waals surface area contributed by atoms with Crippen molar-refractivity contribution in [2.75, 3.05) is 32.7 Å². The van der Waals surface area contributed by atoms with E-state index in [9.17, 15) is 4.39 Å². The van der Waals surface area contributed by atoms with Gasteiger partial charge in [-0.2, -0.15) is 0 Å². The molecule has 1 unspecified atom stereocenters. The molecule has 2 aromatic rings. The fourth-order valence-electron chi connectivity index (χ4n) is 3.92. The van der Waals surface area contributed by atoms with Crippen LogP contribution in [0.25, 0.3) is 0 Å². The molecule has 1 fully saturated rings. The molecule has 0 N–H and O–H groups in total. The highest BCUT2D eigenvalue weighted by molar-refractivity contribution is 7.99. The summed E-state index contributed by atoms with van der Waals surface area (Å²) in [6.45, 7) is 6.71. The third-order valence-electron chi connectivity index (χ3n) is 5.35. The minimum Gasteiger partial charge on any atom is -0.293 e. The Labute approximate surface area is 159 Å². The van der Waals surface area contributed by atoms with E-state index in [1.165, 1.54) is 20.9 Å². The zero-order valence-corrected chi connectivity index (χ0v) is 15.9. The van der Waals surface area contributed by atoms with Crippen LogP contribution in [-0.4, -0.2) is 42.5 Å². The summed E-state index contributed by atoms with van der Waals surface area (Å²) in [6, 6.07) is 12.1. The zero-order valence-electron chi connectivity index (χ0n) is 15.0. The summed E-state index contributed by atoms with van der Waals surface area (Å²) in [5, 5.41) is 0. The molecule has 26 heavy (non-hydrogen) atoms. The number of piperazine rings is 1. The molecule has 2 aromatic carbocycles. The second-order valence-corrected chi connectivity index (χ2v) is 8.22. The highest BCUT2D eigenvalue weighted by Crippen LogP contribution is 2.43. The van der Waals surface area contributed by atoms with Gasteiger partial charge in [-0.3, -0.25) is 9.80 Å². The molecule has 2 nitrogen and oxygen atoms in total. The van der Waals surface area contributed by atoms with Crippen LogP contribution in [0, 0.1) is 25.1 Å². The molecule has 0 spiro atoms. The van der Waals surface area contributed by atoms with Crippen LogP contribution in [0.3, 0.4) is 0 Å². The van der Waals surface area contributed by atoms with E-state index in [2.05, 4.69) is 40.8 Å². The summed E-state index contributed by atoms with van der Waals surface area (Å²) >= 11 is 1.77. The van der Waals surface area contributed by atoms with Crippen LogP contribution in [-0.2, 0) is 6.42 Å². The van der Waals surface area contributed by atoms with Crippen molar-refractivity contribution in [3.05, 3.63) is 58.9 Å². The number of nitrogens with zero attached hydrogens (tertiary/aromatic N) is 2. The van der Waals surface area contributed by atoms with Crippen molar-refractivity contribution in [2.24, 2.45) is 0 Å². The first kappa shape index (κ1) is 17.6. The number of terminal acetylenes is 1. The van der Waals surface area contributed by atoms with Crippen LogP contribution in [0.2, 0.25) is 0 Å². The van der Waals surface area contributed by atoms with Crippen molar-refractivity contribution in [3.8, 4) is 12.3 Å². The van der Waals surface area contributed by atoms with Crippen molar-refractivity contribution >= 4 is 11.8 Å². The maximum atomic E-state index is 14.1. The predicted octanol–water partition coefficient (Wildman–Crippen LogP) is 4.13. The Bertz CT molecular complexity index is 850. The summed E-state index contributed by atoms with van der Waals surface area (Å²) in [5.74, 6) is 2.59. The number of hydrogen-bond acceptors (Lipinski definition) is 3. The first-order valence-electron chi connectivity index (χ1n) is 9.11. The third kappa shape index (κ3) is 3.53. The topological polar surface area (TPSA) is 6.48 Å². The molecule has 0 amide bonds. The van der Waals surface area contributed by atoms with Gasteiger partial charge in [-0.25, -0.2) is 4.39 Å². The van der Waals surface area contributed by atoms with E-state index in [1.807, 2.05) is 6.07 Å². The lowest BCUT2D eigenvalue weighted by molar-refractivity contribution is 0.102. The van der Waals surface area contributed by atoms with Crippen LogP contribution >= 0.6 is 11.8 Å². The largest absolute Gasteiger partial charge is 0.293 e. The van der Waals surface area contributed by atoms with E-state index in [-0.39, 0.29) is 11.9 Å². The summed E-state index contributed by atoms with van der Waals surface area (Å²) in [5.41, 5.74) is 3.74. The van der Waals surface area contributed by atoms with Gasteiger partial charge >= 0.3 is 0 Å². The van der Waals surface area contributed by atoms with Gasteiger partial charge in [-0.05, 0) is 54.3 Å². The number of benzene rings is 2. The summed E-state index contributed by atoms with van der Waals surface area (Å²) < 4.78 is 14.1. The molecule has 2 aliphatic heterocycles. The molecule has 1 saturated heterocycles. The molecule has 0 bridgehead atoms. The smallest absolute Gasteiger partial charge is 0.123 e. The van der Waals surface area contributed by atoms with Crippen LogP contribution in [0.5, 0.6) is 0 Å². The van der Waals surface area contributed by atoms with E-state index in [4.69, 9.17) is 6.42 Å². The van der Waals surface area contributed by atoms with Crippen LogP contribution in [0.15, 0.2) is 46.2 Å². The van der Waals surface area contributed by atoms with Gasteiger partial charge in [0, 0.05) is 42.0 Å². The molecule has 2 aliphatic rings. The van der Waals surface area contributed by atoms with E-state index in [0.717, 1.165) is 38.2 Å². The summed E-state index contributed by atoms with van der Waals surface area (Å²) in [4.78, 5) is 7.28. The minimum atomic E-state index is -0.151. The lowest BCUT2D eigenvalue weighted by Gasteiger charge is -2.39. The van der Waals surface area contributed by atoms with Crippen molar-refractivity contribution < 1.29 is 4.39 Å². The Hall–Kier alpha value is -1.80. The molecule has 2 heterocycles. The Morgan fingerprint density at radius 1 is 1.12 bits per heavy atom. The van der Waals surface area contributed by atoms with E-state index < -0.39 is 0 Å². The maximum Gasteiger partial charge on any atom is 0.123 e. The van der Waals surface area contributed by atoms with Gasteiger partial charge in [0.15, 0.2) is 0 Å². The second-order valence-electron chi connectivity index (χ2n) is 7.13. The lowest BCUT2D eigenvalue weighted by Crippen LogP contribution is -2.48. The van der Waals surface area contributed by atoms with Gasteiger partial charge in [0.05, 0.1) is 6.54 Å². The molecular formula is C22H23FN2S. The molecule has 0 saturated carbocycles. The molecule has 134 valence electrons. The minimum absolute atomic E-state index is 0.151. The SMILES string of the molecule is C#CCN1CCN(C2Cc3ccc(C)cc3Sc3ccc(F)cc32)CC1. The van der Waals surface area contributed by atoms with Gasteiger partial charge in [0.2, 0.25) is 0 Å². The quantitative estimate of drug-likeness (QED) is 0.738. The molecule has 1 atom stereocenters. The Kier molecular flexibility index (Phi) is 5.04. The van der Waals surface area contributed by atoms with Crippen molar-refractivity contribution in [1.29, 1.82) is 0 Å². The van der Waals surface area contributed by atoms with Gasteiger partial charge in [0.1, 0.15) is 5.82 Å². The van der Waals surface area contributed by atoms with Crippen LogP contribution in [0.4, 0.5) is 4.39 Å². The van der Waals surface area contributed by atoms with Crippen LogP contribution < -0.4 is 0 Å². The van der Waals surface area contributed by atoms with Crippen molar-refractivity contribution in [3.63, 3.8) is 0 Å². The first-order valence-corrected chi connectivity index (χ1v) is 9.92. The summed E-state index contributed by atoms with van der Waals surface area (Å²) in [7, 11) is 0. The van der Waals surface area contributed by atoms with Crippen molar-refractivity contribution in [1.82, 2.24) is 9.80 Å². The first-order chi connectivity index (χ1) is 12.6. The Morgan fingerprint density at radius 2 is 1.92 bits per heavy atom. The number of hydrogen-bond donors (Lipinski definition) is 0. The van der Waals surface area contributed by atoms with Crippen molar-refractivity contribution in [2.45, 2.75) is 29.2 Å². The van der Waals surface area contributed by atoms with Crippen LogP contribution in [0.1, 0.15) is 22.7 Å². The number of fused-ring (bicyclic) bond motifs is 2. The third-order valence-corrected chi connectivity index (χ3v) is 6.54. The standard InChI is InChI=1S/C22H23FN2S/c1-3-8-24-9-11-25(12-10-24)20-14-17-5-4-16(2)13-22(17)26-21-7-6-18(23)15-19(20)21/h1,4-7,13,15,20H,8-12,14H2,2H3. The molecule has 0 aliphatic carbocycles. The van der Waals surface area contributed by atoms with E-state index in [0.29, 0.717) is 6.54 Å². The zero-order chi connectivity index (χ0) is 18.1. The van der Waals surface area contributed by atoms with Gasteiger partial charge in [0.25, 0.3) is 0 Å². The molecular weight excluding hydrogens is 343 g/mol. The highest BCUT2D eigenvalue weighted by atomic mass is 32.2. The van der Waals surface area contributed by atoms with Gasteiger partial charge < -0.3 is 0 Å². The molecule has 4 heteroatoms. The number of aryl methyl sites for hydroxylation is 1. The fourth-order valence-corrected chi connectivity index (χ4v) is 5.14. The molecule has 0 aromatic heterocycles. The average Bonchev–Trinajstić information content (AvgIpc) is 2.79. The van der Waals surface area contributed by atoms with E-state index >= 15 is 0 Å². The fraction of sp³-hybridized carbons (Fsp3) is 0.364. The Balaban J connectivity index is 1.68. The van der Waals surface area contributed by atoms with E-state index in [1.54, 1.807) is 23.9 Å². The van der Waals surface area contributed by atoms with Gasteiger partial charge in [-0.15, -0.1) is 6.42 Å². The normalized spacial score (nSPS) is 20.7. The number of halogens is 1. The maximum absolute atomic E-state index is 14.1.